The number of carbonyl (C=O) groups is 11. The molecule has 11 amide bonds. The number of nitrogens with one attached hydrogen (secondary N) is 4. The van der Waals surface area contributed by atoms with Crippen molar-refractivity contribution >= 4 is 70.7 Å². The first-order chi connectivity index (χ1) is 42.6. The van der Waals surface area contributed by atoms with Crippen LogP contribution in [0.1, 0.15) is 174 Å². The monoisotopic (exact) mass is 1290 g/mol. The topological polar surface area (TPSA) is 285 Å². The molecule has 23 nitrogen and oxygen atoms in total. The van der Waals surface area contributed by atoms with Crippen LogP contribution in [0.5, 0.6) is 0 Å². The minimum absolute atomic E-state index is 0.0500. The molecule has 1 aromatic carbocycles. The van der Waals surface area contributed by atoms with Crippen molar-refractivity contribution in [1.82, 2.24) is 55.6 Å². The summed E-state index contributed by atoms with van der Waals surface area (Å²) >= 11 is 0. The fourth-order valence-corrected chi connectivity index (χ4v) is 11.8. The first-order valence-corrected chi connectivity index (χ1v) is 33.3. The van der Waals surface area contributed by atoms with Crippen molar-refractivity contribution in [2.75, 3.05) is 55.1 Å². The third-order valence-corrected chi connectivity index (χ3v) is 17.7. The minimum Gasteiger partial charge on any atom is -0.399 e. The van der Waals surface area contributed by atoms with Crippen molar-refractivity contribution in [3.8, 4) is 0 Å². The van der Waals surface area contributed by atoms with E-state index in [4.69, 9.17) is 5.73 Å². The van der Waals surface area contributed by atoms with Crippen LogP contribution < -0.4 is 27.0 Å². The number of hydrogen-bond donors (Lipinski definition) is 5. The van der Waals surface area contributed by atoms with Crippen LogP contribution in [0, 0.1) is 41.4 Å². The van der Waals surface area contributed by atoms with E-state index in [0.29, 0.717) is 24.9 Å². The number of carbonyl (C=O) groups excluding carboxylic acids is 11. The van der Waals surface area contributed by atoms with Gasteiger partial charge in [0.1, 0.15) is 66.1 Å². The third-order valence-electron chi connectivity index (χ3n) is 17.7. The second kappa shape index (κ2) is 37.0. The van der Waals surface area contributed by atoms with Crippen molar-refractivity contribution in [3.63, 3.8) is 0 Å². The predicted molar refractivity (Wildman–Crippen MR) is 360 cm³/mol. The van der Waals surface area contributed by atoms with Crippen molar-refractivity contribution in [2.45, 2.75) is 235 Å². The van der Waals surface area contributed by atoms with E-state index in [1.165, 1.54) is 87.7 Å². The lowest BCUT2D eigenvalue weighted by atomic mass is 9.92. The maximum absolute atomic E-state index is 15.4. The molecule has 0 aliphatic carbocycles. The lowest BCUT2D eigenvalue weighted by Crippen LogP contribution is -2.61. The third kappa shape index (κ3) is 22.9. The van der Waals surface area contributed by atoms with E-state index in [-0.39, 0.29) is 73.8 Å². The van der Waals surface area contributed by atoms with Crippen LogP contribution in [0.15, 0.2) is 36.5 Å². The molecule has 0 spiro atoms. The lowest BCUT2D eigenvalue weighted by Gasteiger charge is -2.41. The second-order valence-corrected chi connectivity index (χ2v) is 28.3. The number of amides is 11. The van der Waals surface area contributed by atoms with Gasteiger partial charge in [-0.2, -0.15) is 0 Å². The van der Waals surface area contributed by atoms with Gasteiger partial charge in [-0.25, -0.2) is 0 Å². The van der Waals surface area contributed by atoms with Gasteiger partial charge in [-0.3, -0.25) is 52.7 Å². The summed E-state index contributed by atoms with van der Waals surface area (Å²) in [6.07, 6.45) is 3.43. The molecule has 1 aromatic rings. The van der Waals surface area contributed by atoms with Gasteiger partial charge in [0, 0.05) is 55.0 Å². The van der Waals surface area contributed by atoms with Crippen molar-refractivity contribution in [2.24, 2.45) is 41.4 Å². The van der Waals surface area contributed by atoms with Gasteiger partial charge in [0.25, 0.3) is 5.91 Å². The number of anilines is 1. The molecule has 11 atom stereocenters. The van der Waals surface area contributed by atoms with Crippen LogP contribution in [-0.2, 0) is 59.2 Å². The molecule has 520 valence electrons. The molecule has 92 heavy (non-hydrogen) atoms. The van der Waals surface area contributed by atoms with Gasteiger partial charge < -0.3 is 61.3 Å². The highest BCUT2D eigenvalue weighted by Gasteiger charge is 2.44. The number of aryl methyl sites for hydroxylation is 1. The minimum atomic E-state index is -1.24. The standard InChI is InChI=1S/C69H118N12O11/c1-25-51-65(88)75(18)48(17)64(87)77(20)54(35-41(6)7)62(85)74-57(43(10)11)68(91)78(21)53(34-40(4)5)60(83)71-46(15)59(82)72-47(16)63(86)80(23)56(36-42(8)9)67(90)76(19)52(33-32-39(2)3)66(89)81(24)58(44(12)13)69(92)79(22)55(61(84)73-51)37-45(14)28-26-29-49-30-27-31-50(70)38-49/h27,30-31,38-47,51-58H,17,25-26,28-29,32-37,70H2,1-16,18-24H3,(H,71,83)(H,72,82)(H,73,84)(H,74,85)/t45-,46-,47+,51+,52+,53-,54+,55+,56+,57-,58+/m1/s1. The van der Waals surface area contributed by atoms with Crippen LogP contribution in [0.25, 0.3) is 0 Å². The van der Waals surface area contributed by atoms with Gasteiger partial charge in [0.15, 0.2) is 0 Å². The summed E-state index contributed by atoms with van der Waals surface area (Å²) in [7, 11) is 10.2. The van der Waals surface area contributed by atoms with Gasteiger partial charge in [0.2, 0.25) is 59.1 Å². The van der Waals surface area contributed by atoms with Crippen LogP contribution >= 0.6 is 0 Å². The first kappa shape index (κ1) is 81.0. The van der Waals surface area contributed by atoms with Crippen molar-refractivity contribution < 1.29 is 52.7 Å². The molecule has 1 fully saturated rings. The van der Waals surface area contributed by atoms with Crippen LogP contribution in [0.3, 0.4) is 0 Å². The number of nitrogens with zero attached hydrogens (tertiary/aromatic N) is 7. The SMILES string of the molecule is C=C1C(=O)N(C)[C@@H](CC(C)C)C(=O)N[C@H](C(C)C)C(=O)N(C)[C@H](CC(C)C)C(=O)N[C@H](C)C(=O)N[C@@H](C)C(=O)N(C)[C@@H](CC(C)C)C(=O)N(C)[C@@H](CCC(C)C)C(=O)N(C)[C@@H](C(C)C)C(=O)N(C)[C@@H](C[C@H](C)CCCc2cccc(N)c2)C(=O)N[C@@H](CC)C(=O)N1C. The molecular weight excluding hydrogens is 1170 g/mol. The van der Waals surface area contributed by atoms with E-state index < -0.39 is 137 Å². The first-order valence-electron chi connectivity index (χ1n) is 33.3. The van der Waals surface area contributed by atoms with E-state index in [9.17, 15) is 33.6 Å². The molecule has 2 rings (SSSR count). The van der Waals surface area contributed by atoms with E-state index in [1.807, 2.05) is 86.6 Å². The number of hydrogen-bond acceptors (Lipinski definition) is 12. The van der Waals surface area contributed by atoms with Gasteiger partial charge in [-0.05, 0) is 131 Å². The molecule has 0 radical (unpaired) electrons. The number of benzene rings is 1. The largest absolute Gasteiger partial charge is 0.399 e. The van der Waals surface area contributed by atoms with Crippen LogP contribution in [0.2, 0.25) is 0 Å². The molecule has 1 saturated heterocycles. The smallest absolute Gasteiger partial charge is 0.270 e. The Morgan fingerprint density at radius 2 is 0.946 bits per heavy atom. The molecule has 23 heteroatoms. The number of nitrogens with two attached hydrogens (primary N) is 1. The summed E-state index contributed by atoms with van der Waals surface area (Å²) in [5.41, 5.74) is 7.45. The Kier molecular flexibility index (Phi) is 32.6. The van der Waals surface area contributed by atoms with Crippen LogP contribution in [0.4, 0.5) is 5.69 Å². The zero-order valence-corrected chi connectivity index (χ0v) is 60.1. The van der Waals surface area contributed by atoms with E-state index >= 15 is 19.2 Å². The molecule has 1 aliphatic rings. The van der Waals surface area contributed by atoms with Gasteiger partial charge in [-0.15, -0.1) is 0 Å². The highest BCUT2D eigenvalue weighted by atomic mass is 16.2. The Morgan fingerprint density at radius 1 is 0.478 bits per heavy atom. The Hall–Kier alpha value is -7.07. The summed E-state index contributed by atoms with van der Waals surface area (Å²) in [6.45, 7) is 32.8. The second-order valence-electron chi connectivity index (χ2n) is 28.3. The average Bonchev–Trinajstić information content (AvgIpc) is 1.08. The maximum Gasteiger partial charge on any atom is 0.270 e. The number of nitrogen functional groups attached to an aromatic ring is 1. The van der Waals surface area contributed by atoms with Crippen LogP contribution in [-0.4, -0.2) is 209 Å². The Balaban J connectivity index is 2.99. The van der Waals surface area contributed by atoms with Crippen molar-refractivity contribution in [1.29, 1.82) is 0 Å². The summed E-state index contributed by atoms with van der Waals surface area (Å²) in [5.74, 6) is -8.71. The number of likely N-dealkylation sites (N-methyl/N-ethyl adjacent to an activating group) is 7. The summed E-state index contributed by atoms with van der Waals surface area (Å²) in [6, 6.07) is -4.21. The quantitative estimate of drug-likeness (QED) is 0.0856. The Bertz CT molecular complexity index is 2710. The normalized spacial score (nSPS) is 25.3. The predicted octanol–water partition coefficient (Wildman–Crippen LogP) is 5.84. The Labute approximate surface area is 550 Å². The fraction of sp³-hybridized carbons (Fsp3) is 0.725. The summed E-state index contributed by atoms with van der Waals surface area (Å²) in [5, 5.41) is 11.2. The van der Waals surface area contributed by atoms with Gasteiger partial charge in [-0.1, -0.05) is 122 Å². The molecule has 1 aliphatic heterocycles. The molecule has 0 unspecified atom stereocenters. The molecule has 0 aromatic heterocycles. The van der Waals surface area contributed by atoms with Gasteiger partial charge in [0.05, 0.1) is 0 Å². The molecule has 0 bridgehead atoms. The fourth-order valence-electron chi connectivity index (χ4n) is 11.8. The van der Waals surface area contributed by atoms with Crippen molar-refractivity contribution in [3.05, 3.63) is 42.1 Å². The highest BCUT2D eigenvalue weighted by Crippen LogP contribution is 2.27. The molecule has 1 heterocycles. The highest BCUT2D eigenvalue weighted by molar-refractivity contribution is 6.02. The van der Waals surface area contributed by atoms with E-state index in [0.717, 1.165) is 21.8 Å². The maximum atomic E-state index is 15.4. The van der Waals surface area contributed by atoms with E-state index in [1.54, 1.807) is 34.6 Å². The molecular formula is C69H118N12O11. The summed E-state index contributed by atoms with van der Waals surface area (Å²) in [4.78, 5) is 171. The number of rotatable bonds is 18. The molecule has 0 saturated carbocycles. The summed E-state index contributed by atoms with van der Waals surface area (Å²) < 4.78 is 0. The average molecular weight is 1290 g/mol. The zero-order chi connectivity index (χ0) is 70.7. The zero-order valence-electron chi connectivity index (χ0n) is 60.1. The Morgan fingerprint density at radius 3 is 1.46 bits per heavy atom. The van der Waals surface area contributed by atoms with E-state index in [2.05, 4.69) is 27.8 Å². The van der Waals surface area contributed by atoms with Gasteiger partial charge >= 0.3 is 0 Å². The molecule has 6 N–H and O–H groups in total. The lowest BCUT2D eigenvalue weighted by molar-refractivity contribution is -0.156.